The lowest BCUT2D eigenvalue weighted by Gasteiger charge is -2.39. The summed E-state index contributed by atoms with van der Waals surface area (Å²) in [4.78, 5) is 14.6. The Hall–Kier alpha value is -0.680. The summed E-state index contributed by atoms with van der Waals surface area (Å²) in [6.45, 7) is 5.75. The van der Waals surface area contributed by atoms with Gasteiger partial charge in [-0.05, 0) is 33.7 Å². The van der Waals surface area contributed by atoms with Gasteiger partial charge in [0.25, 0.3) is 0 Å². The van der Waals surface area contributed by atoms with Crippen LogP contribution in [-0.2, 0) is 4.79 Å². The molecule has 5 heteroatoms. The number of nitrogens with zero attached hydrogens (tertiary/aromatic N) is 1. The van der Waals surface area contributed by atoms with E-state index in [0.717, 1.165) is 25.8 Å². The minimum absolute atomic E-state index is 0.00778. The van der Waals surface area contributed by atoms with Crippen molar-refractivity contribution in [3.05, 3.63) is 0 Å². The Balaban J connectivity index is 2.37. The normalized spacial score (nSPS) is 17.9. The second kappa shape index (κ2) is 5.78. The van der Waals surface area contributed by atoms with Crippen molar-refractivity contribution < 1.29 is 4.79 Å². The van der Waals surface area contributed by atoms with Crippen molar-refractivity contribution in [3.63, 3.8) is 0 Å². The van der Waals surface area contributed by atoms with Gasteiger partial charge in [0.1, 0.15) is 0 Å². The van der Waals surface area contributed by atoms with Crippen LogP contribution in [0, 0.1) is 5.41 Å². The molecule has 0 unspecified atom stereocenters. The Kier molecular flexibility index (Phi) is 4.89. The van der Waals surface area contributed by atoms with Gasteiger partial charge in [0.15, 0.2) is 0 Å². The summed E-state index contributed by atoms with van der Waals surface area (Å²) >= 11 is 5.01. The molecule has 1 amide bonds. The molecule has 0 atom stereocenters. The van der Waals surface area contributed by atoms with Crippen molar-refractivity contribution in [2.45, 2.75) is 39.2 Å². The molecule has 4 nitrogen and oxygen atoms in total. The van der Waals surface area contributed by atoms with Gasteiger partial charge in [-0.3, -0.25) is 4.79 Å². The first kappa shape index (κ1) is 14.4. The van der Waals surface area contributed by atoms with Crippen LogP contribution in [0.4, 0.5) is 0 Å². The van der Waals surface area contributed by atoms with Crippen LogP contribution in [0.5, 0.6) is 0 Å². The van der Waals surface area contributed by atoms with E-state index in [0.29, 0.717) is 17.6 Å². The van der Waals surface area contributed by atoms with E-state index in [1.54, 1.807) is 0 Å². The highest BCUT2D eigenvalue weighted by atomic mass is 32.1. The quantitative estimate of drug-likeness (QED) is 0.694. The first-order valence-corrected chi connectivity index (χ1v) is 6.59. The third kappa shape index (κ3) is 3.16. The van der Waals surface area contributed by atoms with E-state index in [1.165, 1.54) is 0 Å². The third-order valence-electron chi connectivity index (χ3n) is 3.75. The lowest BCUT2D eigenvalue weighted by Crippen LogP contribution is -2.54. The van der Waals surface area contributed by atoms with E-state index in [2.05, 4.69) is 24.1 Å². The summed E-state index contributed by atoms with van der Waals surface area (Å²) in [5.74, 6) is 0.00778. The Labute approximate surface area is 109 Å². The molecule has 0 heterocycles. The number of nitrogens with two attached hydrogens (primary N) is 1. The maximum atomic E-state index is 12.0. The summed E-state index contributed by atoms with van der Waals surface area (Å²) < 4.78 is 0. The molecule has 1 aliphatic carbocycles. The zero-order chi connectivity index (χ0) is 13.1. The Morgan fingerprint density at radius 3 is 2.47 bits per heavy atom. The molecule has 0 aromatic heterocycles. The van der Waals surface area contributed by atoms with Gasteiger partial charge < -0.3 is 16.0 Å². The summed E-state index contributed by atoms with van der Waals surface area (Å²) in [5.41, 5.74) is 5.12. The molecule has 1 saturated carbocycles. The largest absolute Gasteiger partial charge is 0.392 e. The highest BCUT2D eigenvalue weighted by molar-refractivity contribution is 7.80. The van der Waals surface area contributed by atoms with Gasteiger partial charge in [-0.1, -0.05) is 18.6 Å². The Morgan fingerprint density at radius 2 is 2.12 bits per heavy atom. The number of hydrogen-bond donors (Lipinski definition) is 2. The highest BCUT2D eigenvalue weighted by Gasteiger charge is 2.46. The van der Waals surface area contributed by atoms with E-state index in [1.807, 2.05) is 7.05 Å². The third-order valence-corrected chi connectivity index (χ3v) is 4.14. The van der Waals surface area contributed by atoms with Crippen molar-refractivity contribution in [2.24, 2.45) is 11.1 Å². The SMILES string of the molecule is CC(C)N(C)CCNC(=O)C1(C(N)=S)CCC1. The van der Waals surface area contributed by atoms with Gasteiger partial charge in [-0.25, -0.2) is 0 Å². The van der Waals surface area contributed by atoms with Gasteiger partial charge in [0, 0.05) is 19.1 Å². The van der Waals surface area contributed by atoms with Crippen molar-refractivity contribution in [2.75, 3.05) is 20.1 Å². The van der Waals surface area contributed by atoms with Gasteiger partial charge >= 0.3 is 0 Å². The Morgan fingerprint density at radius 1 is 1.53 bits per heavy atom. The lowest BCUT2D eigenvalue weighted by atomic mass is 9.68. The lowest BCUT2D eigenvalue weighted by molar-refractivity contribution is -0.130. The molecule has 0 bridgehead atoms. The molecule has 98 valence electrons. The number of amides is 1. The zero-order valence-electron chi connectivity index (χ0n) is 11.0. The minimum Gasteiger partial charge on any atom is -0.392 e. The molecule has 0 aliphatic heterocycles. The van der Waals surface area contributed by atoms with Gasteiger partial charge in [-0.15, -0.1) is 0 Å². The number of carbonyl (C=O) groups is 1. The van der Waals surface area contributed by atoms with Gasteiger partial charge in [0.05, 0.1) is 10.4 Å². The van der Waals surface area contributed by atoms with Crippen molar-refractivity contribution in [3.8, 4) is 0 Å². The van der Waals surface area contributed by atoms with Crippen LogP contribution in [0.3, 0.4) is 0 Å². The van der Waals surface area contributed by atoms with E-state index in [9.17, 15) is 4.79 Å². The van der Waals surface area contributed by atoms with Crippen molar-refractivity contribution in [1.82, 2.24) is 10.2 Å². The monoisotopic (exact) mass is 257 g/mol. The second-order valence-corrected chi connectivity index (χ2v) is 5.57. The van der Waals surface area contributed by atoms with Crippen LogP contribution in [0.1, 0.15) is 33.1 Å². The molecular weight excluding hydrogens is 234 g/mol. The fraction of sp³-hybridized carbons (Fsp3) is 0.833. The average Bonchev–Trinajstić information content (AvgIpc) is 2.14. The molecular formula is C12H23N3OS. The summed E-state index contributed by atoms with van der Waals surface area (Å²) in [6.07, 6.45) is 2.64. The fourth-order valence-electron chi connectivity index (χ4n) is 1.89. The number of likely N-dealkylation sites (N-methyl/N-ethyl adjacent to an activating group) is 1. The molecule has 0 saturated heterocycles. The first-order chi connectivity index (χ1) is 7.90. The summed E-state index contributed by atoms with van der Waals surface area (Å²) in [7, 11) is 2.05. The van der Waals surface area contributed by atoms with E-state index in [4.69, 9.17) is 18.0 Å². The predicted octanol–water partition coefficient (Wildman–Crippen LogP) is 0.899. The van der Waals surface area contributed by atoms with Gasteiger partial charge in [-0.2, -0.15) is 0 Å². The highest BCUT2D eigenvalue weighted by Crippen LogP contribution is 2.41. The Bertz CT molecular complexity index is 300. The average molecular weight is 257 g/mol. The second-order valence-electron chi connectivity index (χ2n) is 5.13. The number of hydrogen-bond acceptors (Lipinski definition) is 3. The van der Waals surface area contributed by atoms with Crippen molar-refractivity contribution >= 4 is 23.1 Å². The number of nitrogens with one attached hydrogen (secondary N) is 1. The van der Waals surface area contributed by atoms with Crippen LogP contribution < -0.4 is 11.1 Å². The molecule has 0 aromatic carbocycles. The standard InChI is InChI=1S/C12H23N3OS/c1-9(2)15(3)8-7-14-11(16)12(10(13)17)5-4-6-12/h9H,4-8H2,1-3H3,(H2,13,17)(H,14,16). The molecule has 1 rings (SSSR count). The molecule has 0 aromatic rings. The molecule has 0 spiro atoms. The zero-order valence-corrected chi connectivity index (χ0v) is 11.8. The molecule has 3 N–H and O–H groups in total. The maximum absolute atomic E-state index is 12.0. The van der Waals surface area contributed by atoms with Crippen LogP contribution >= 0.6 is 12.2 Å². The topological polar surface area (TPSA) is 58.4 Å². The van der Waals surface area contributed by atoms with Crippen LogP contribution in [0.2, 0.25) is 0 Å². The van der Waals surface area contributed by atoms with E-state index >= 15 is 0 Å². The summed E-state index contributed by atoms with van der Waals surface area (Å²) in [5, 5.41) is 2.94. The first-order valence-electron chi connectivity index (χ1n) is 6.18. The van der Waals surface area contributed by atoms with Crippen LogP contribution in [0.15, 0.2) is 0 Å². The molecule has 1 fully saturated rings. The summed E-state index contributed by atoms with van der Waals surface area (Å²) in [6, 6.07) is 0.486. The van der Waals surface area contributed by atoms with Crippen molar-refractivity contribution in [1.29, 1.82) is 0 Å². The number of thiocarbonyl (C=S) groups is 1. The van der Waals surface area contributed by atoms with E-state index in [-0.39, 0.29) is 5.91 Å². The fourth-order valence-corrected chi connectivity index (χ4v) is 2.19. The minimum atomic E-state index is -0.550. The molecule has 1 aliphatic rings. The smallest absolute Gasteiger partial charge is 0.233 e. The number of rotatable bonds is 6. The molecule has 17 heavy (non-hydrogen) atoms. The number of carbonyl (C=O) groups excluding carboxylic acids is 1. The van der Waals surface area contributed by atoms with Gasteiger partial charge in [0.2, 0.25) is 5.91 Å². The molecule has 0 radical (unpaired) electrons. The maximum Gasteiger partial charge on any atom is 0.233 e. The van der Waals surface area contributed by atoms with Crippen LogP contribution in [0.25, 0.3) is 0 Å². The van der Waals surface area contributed by atoms with E-state index < -0.39 is 5.41 Å². The predicted molar refractivity (Wildman–Crippen MR) is 73.8 cm³/mol. The van der Waals surface area contributed by atoms with Crippen LogP contribution in [-0.4, -0.2) is 42.0 Å².